The molecule has 0 aliphatic carbocycles. The van der Waals surface area contributed by atoms with Gasteiger partial charge < -0.3 is 10.6 Å². The molecule has 2 N–H and O–H groups in total. The fourth-order valence-electron chi connectivity index (χ4n) is 2.58. The lowest BCUT2D eigenvalue weighted by molar-refractivity contribution is 0.371. The summed E-state index contributed by atoms with van der Waals surface area (Å²) in [7, 11) is 0. The fourth-order valence-corrected chi connectivity index (χ4v) is 2.58. The molecule has 1 aromatic carbocycles. The Kier molecular flexibility index (Phi) is 4.60. The van der Waals surface area contributed by atoms with Crippen LogP contribution in [0.5, 0.6) is 0 Å². The Morgan fingerprint density at radius 2 is 2.28 bits per heavy atom. The molecule has 1 aliphatic rings. The molecule has 0 spiro atoms. The van der Waals surface area contributed by atoms with Crippen molar-refractivity contribution in [3.8, 4) is 6.07 Å². The Balaban J connectivity index is 1.90. The molecule has 96 valence electrons. The number of piperidine rings is 1. The zero-order chi connectivity index (χ0) is 12.8. The molecule has 1 saturated heterocycles. The van der Waals surface area contributed by atoms with E-state index >= 15 is 0 Å². The first-order valence-corrected chi connectivity index (χ1v) is 6.78. The molecule has 2 rings (SSSR count). The zero-order valence-electron chi connectivity index (χ0n) is 10.9. The maximum Gasteiger partial charge on any atom is 0.101 e. The summed E-state index contributed by atoms with van der Waals surface area (Å²) in [4.78, 5) is 0. The molecule has 18 heavy (non-hydrogen) atoms. The molecule has 0 saturated carbocycles. The maximum atomic E-state index is 9.05. The van der Waals surface area contributed by atoms with Crippen molar-refractivity contribution in [3.63, 3.8) is 0 Å². The van der Waals surface area contributed by atoms with E-state index in [1.54, 1.807) is 0 Å². The highest BCUT2D eigenvalue weighted by molar-refractivity contribution is 5.57. The average molecular weight is 243 g/mol. The molecule has 2 atom stereocenters. The van der Waals surface area contributed by atoms with Gasteiger partial charge in [-0.1, -0.05) is 18.6 Å². The van der Waals surface area contributed by atoms with E-state index in [9.17, 15) is 0 Å². The highest BCUT2D eigenvalue weighted by Gasteiger charge is 2.16. The summed E-state index contributed by atoms with van der Waals surface area (Å²) in [5.41, 5.74) is 1.67. The van der Waals surface area contributed by atoms with Crippen molar-refractivity contribution in [2.75, 3.05) is 11.9 Å². The minimum Gasteiger partial charge on any atom is -0.381 e. The lowest BCUT2D eigenvalue weighted by Gasteiger charge is -2.27. The van der Waals surface area contributed by atoms with Crippen LogP contribution in [0, 0.1) is 11.3 Å². The number of benzene rings is 1. The van der Waals surface area contributed by atoms with Gasteiger partial charge in [-0.25, -0.2) is 0 Å². The van der Waals surface area contributed by atoms with Crippen LogP contribution in [-0.4, -0.2) is 18.6 Å². The number of nitrogens with one attached hydrogen (secondary N) is 2. The highest BCUT2D eigenvalue weighted by Crippen LogP contribution is 2.18. The Hall–Kier alpha value is -1.53. The van der Waals surface area contributed by atoms with Gasteiger partial charge in [-0.05, 0) is 44.9 Å². The Labute approximate surface area is 109 Å². The Bertz CT molecular complexity index is 416. The summed E-state index contributed by atoms with van der Waals surface area (Å²) in [5, 5.41) is 16.1. The van der Waals surface area contributed by atoms with Crippen molar-refractivity contribution in [1.29, 1.82) is 5.26 Å². The first-order chi connectivity index (χ1) is 8.79. The van der Waals surface area contributed by atoms with Gasteiger partial charge in [-0.3, -0.25) is 0 Å². The van der Waals surface area contributed by atoms with Crippen LogP contribution >= 0.6 is 0 Å². The van der Waals surface area contributed by atoms with Crippen LogP contribution in [0.4, 0.5) is 5.69 Å². The third-order valence-electron chi connectivity index (χ3n) is 3.50. The molecule has 1 heterocycles. The third-order valence-corrected chi connectivity index (χ3v) is 3.50. The van der Waals surface area contributed by atoms with Crippen LogP contribution in [-0.2, 0) is 0 Å². The molecular formula is C15H21N3. The number of rotatable bonds is 4. The smallest absolute Gasteiger partial charge is 0.101 e. The van der Waals surface area contributed by atoms with Gasteiger partial charge >= 0.3 is 0 Å². The van der Waals surface area contributed by atoms with Gasteiger partial charge in [0, 0.05) is 12.1 Å². The monoisotopic (exact) mass is 243 g/mol. The van der Waals surface area contributed by atoms with Gasteiger partial charge in [0.15, 0.2) is 0 Å². The standard InChI is InChI=1S/C15H21N3/c1-12(10-14-7-4-5-9-17-14)18-15-8-3-2-6-13(15)11-16/h2-3,6,8,12,14,17-18H,4-5,7,9-10H2,1H3. The van der Waals surface area contributed by atoms with Gasteiger partial charge in [0.25, 0.3) is 0 Å². The van der Waals surface area contributed by atoms with Crippen LogP contribution in [0.25, 0.3) is 0 Å². The Morgan fingerprint density at radius 1 is 1.44 bits per heavy atom. The van der Waals surface area contributed by atoms with Crippen LogP contribution in [0.3, 0.4) is 0 Å². The summed E-state index contributed by atoms with van der Waals surface area (Å²) < 4.78 is 0. The summed E-state index contributed by atoms with van der Waals surface area (Å²) in [6.07, 6.45) is 5.01. The minimum atomic E-state index is 0.384. The number of nitriles is 1. The molecule has 0 aromatic heterocycles. The van der Waals surface area contributed by atoms with Gasteiger partial charge in [0.2, 0.25) is 0 Å². The number of para-hydroxylation sites is 1. The lowest BCUT2D eigenvalue weighted by atomic mass is 9.98. The zero-order valence-corrected chi connectivity index (χ0v) is 10.9. The fraction of sp³-hybridized carbons (Fsp3) is 0.533. The molecular weight excluding hydrogens is 222 g/mol. The lowest BCUT2D eigenvalue weighted by Crippen LogP contribution is -2.37. The SMILES string of the molecule is CC(CC1CCCCN1)Nc1ccccc1C#N. The summed E-state index contributed by atoms with van der Waals surface area (Å²) in [5.74, 6) is 0. The second-order valence-corrected chi connectivity index (χ2v) is 5.09. The van der Waals surface area contributed by atoms with Gasteiger partial charge in [0.05, 0.1) is 11.3 Å². The van der Waals surface area contributed by atoms with Crippen molar-refractivity contribution in [2.45, 2.75) is 44.7 Å². The van der Waals surface area contributed by atoms with Crippen molar-refractivity contribution >= 4 is 5.69 Å². The molecule has 2 unspecified atom stereocenters. The van der Waals surface area contributed by atoms with Gasteiger partial charge in [-0.2, -0.15) is 5.26 Å². The number of nitrogens with zero attached hydrogens (tertiary/aromatic N) is 1. The van der Waals surface area contributed by atoms with E-state index in [0.717, 1.165) is 24.2 Å². The largest absolute Gasteiger partial charge is 0.381 e. The molecule has 3 heteroatoms. The second kappa shape index (κ2) is 6.42. The second-order valence-electron chi connectivity index (χ2n) is 5.09. The maximum absolute atomic E-state index is 9.05. The summed E-state index contributed by atoms with van der Waals surface area (Å²) in [6.45, 7) is 3.33. The Morgan fingerprint density at radius 3 is 3.00 bits per heavy atom. The molecule has 1 fully saturated rings. The van der Waals surface area contributed by atoms with Gasteiger partial charge in [-0.15, -0.1) is 0 Å². The third kappa shape index (κ3) is 3.48. The average Bonchev–Trinajstić information content (AvgIpc) is 2.40. The van der Waals surface area contributed by atoms with Crippen LogP contribution in [0.1, 0.15) is 38.2 Å². The molecule has 1 aliphatic heterocycles. The van der Waals surface area contributed by atoms with E-state index in [4.69, 9.17) is 5.26 Å². The first-order valence-electron chi connectivity index (χ1n) is 6.78. The molecule has 1 aromatic rings. The predicted octanol–water partition coefficient (Wildman–Crippen LogP) is 2.89. The highest BCUT2D eigenvalue weighted by atomic mass is 15.0. The van der Waals surface area contributed by atoms with Gasteiger partial charge in [0.1, 0.15) is 6.07 Å². The topological polar surface area (TPSA) is 47.8 Å². The molecule has 0 bridgehead atoms. The van der Waals surface area contributed by atoms with Crippen molar-refractivity contribution in [2.24, 2.45) is 0 Å². The van der Waals surface area contributed by atoms with E-state index in [1.807, 2.05) is 24.3 Å². The van der Waals surface area contributed by atoms with Crippen LogP contribution in [0.15, 0.2) is 24.3 Å². The first kappa shape index (κ1) is 12.9. The van der Waals surface area contributed by atoms with E-state index in [2.05, 4.69) is 23.6 Å². The number of anilines is 1. The summed E-state index contributed by atoms with van der Waals surface area (Å²) in [6, 6.07) is 10.9. The number of hydrogen-bond donors (Lipinski definition) is 2. The minimum absolute atomic E-state index is 0.384. The van der Waals surface area contributed by atoms with Crippen molar-refractivity contribution in [3.05, 3.63) is 29.8 Å². The van der Waals surface area contributed by atoms with E-state index < -0.39 is 0 Å². The normalized spacial score (nSPS) is 21.0. The van der Waals surface area contributed by atoms with Crippen molar-refractivity contribution in [1.82, 2.24) is 5.32 Å². The summed E-state index contributed by atoms with van der Waals surface area (Å²) >= 11 is 0. The molecule has 3 nitrogen and oxygen atoms in total. The molecule has 0 radical (unpaired) electrons. The molecule has 0 amide bonds. The number of hydrogen-bond acceptors (Lipinski definition) is 3. The van der Waals surface area contributed by atoms with Crippen LogP contribution in [0.2, 0.25) is 0 Å². The van der Waals surface area contributed by atoms with E-state index in [-0.39, 0.29) is 0 Å². The van der Waals surface area contributed by atoms with Crippen molar-refractivity contribution < 1.29 is 0 Å². The quantitative estimate of drug-likeness (QED) is 0.855. The van der Waals surface area contributed by atoms with E-state index in [0.29, 0.717) is 12.1 Å². The van der Waals surface area contributed by atoms with E-state index in [1.165, 1.54) is 19.3 Å². The van der Waals surface area contributed by atoms with Crippen LogP contribution < -0.4 is 10.6 Å². The predicted molar refractivity (Wildman–Crippen MR) is 74.5 cm³/mol.